The summed E-state index contributed by atoms with van der Waals surface area (Å²) in [4.78, 5) is 26.1. The minimum Gasteiger partial charge on any atom is -0.496 e. The van der Waals surface area contributed by atoms with Crippen LogP contribution in [0.2, 0.25) is 0 Å². The van der Waals surface area contributed by atoms with E-state index in [0.29, 0.717) is 12.0 Å². The molecule has 1 amide bonds. The van der Waals surface area contributed by atoms with Crippen LogP contribution in [-0.2, 0) is 6.18 Å². The molecule has 2 aromatic carbocycles. The van der Waals surface area contributed by atoms with Crippen molar-refractivity contribution in [3.8, 4) is 5.75 Å². The molecular formula is C23H19F4N3O3. The van der Waals surface area contributed by atoms with Gasteiger partial charge >= 0.3 is 6.18 Å². The van der Waals surface area contributed by atoms with Gasteiger partial charge in [0.05, 0.1) is 36.5 Å². The SMILES string of the molecule is COc1cccc(F)c1C(=O)Nc1cnn2c1C(=O)C(c1ccc(C(F)(F)F)cc1)C[C@@H]2C. The van der Waals surface area contributed by atoms with E-state index in [0.717, 1.165) is 18.2 Å². The van der Waals surface area contributed by atoms with Crippen molar-refractivity contribution < 1.29 is 31.9 Å². The Labute approximate surface area is 186 Å². The van der Waals surface area contributed by atoms with Gasteiger partial charge in [0.2, 0.25) is 0 Å². The Morgan fingerprint density at radius 1 is 1.18 bits per heavy atom. The van der Waals surface area contributed by atoms with Gasteiger partial charge in [-0.2, -0.15) is 18.3 Å². The molecule has 172 valence electrons. The number of benzene rings is 2. The van der Waals surface area contributed by atoms with Crippen molar-refractivity contribution in [2.75, 3.05) is 12.4 Å². The third-order valence-electron chi connectivity index (χ3n) is 5.65. The van der Waals surface area contributed by atoms with E-state index in [1.807, 2.05) is 6.92 Å². The van der Waals surface area contributed by atoms with Crippen molar-refractivity contribution in [2.24, 2.45) is 0 Å². The highest BCUT2D eigenvalue weighted by Crippen LogP contribution is 2.39. The minimum absolute atomic E-state index is 0.0239. The second-order valence-corrected chi connectivity index (χ2v) is 7.74. The number of nitrogens with one attached hydrogen (secondary N) is 1. The predicted octanol–water partition coefficient (Wildman–Crippen LogP) is 5.23. The first kappa shape index (κ1) is 22.5. The molecule has 2 atom stereocenters. The molecule has 3 aromatic rings. The largest absolute Gasteiger partial charge is 0.496 e. The summed E-state index contributed by atoms with van der Waals surface area (Å²) in [6.07, 6.45) is -2.86. The van der Waals surface area contributed by atoms with Crippen LogP contribution < -0.4 is 10.1 Å². The molecule has 0 bridgehead atoms. The van der Waals surface area contributed by atoms with Gasteiger partial charge in [-0.05, 0) is 43.2 Å². The van der Waals surface area contributed by atoms with E-state index >= 15 is 0 Å². The zero-order chi connectivity index (χ0) is 23.9. The average Bonchev–Trinajstić information content (AvgIpc) is 3.19. The molecule has 4 rings (SSSR count). The first-order chi connectivity index (χ1) is 15.6. The minimum atomic E-state index is -4.48. The molecule has 1 N–H and O–H groups in total. The highest BCUT2D eigenvalue weighted by atomic mass is 19.4. The molecule has 1 aliphatic rings. The van der Waals surface area contributed by atoms with E-state index in [9.17, 15) is 27.2 Å². The number of fused-ring (bicyclic) bond motifs is 1. The Morgan fingerprint density at radius 2 is 1.88 bits per heavy atom. The maximum atomic E-state index is 14.3. The number of hydrogen-bond acceptors (Lipinski definition) is 4. The summed E-state index contributed by atoms with van der Waals surface area (Å²) in [5, 5.41) is 6.70. The number of Topliss-reactive ketones (excluding diaryl/α,β-unsaturated/α-hetero) is 1. The van der Waals surface area contributed by atoms with E-state index in [1.165, 1.54) is 42.3 Å². The van der Waals surface area contributed by atoms with Gasteiger partial charge in [-0.1, -0.05) is 18.2 Å². The number of amides is 1. The molecule has 33 heavy (non-hydrogen) atoms. The van der Waals surface area contributed by atoms with Gasteiger partial charge in [-0.25, -0.2) is 4.39 Å². The summed E-state index contributed by atoms with van der Waals surface area (Å²) in [7, 11) is 1.30. The molecule has 10 heteroatoms. The Balaban J connectivity index is 1.66. The summed E-state index contributed by atoms with van der Waals surface area (Å²) in [5.41, 5.74) is -0.517. The lowest BCUT2D eigenvalue weighted by Gasteiger charge is -2.28. The van der Waals surface area contributed by atoms with Gasteiger partial charge in [-0.15, -0.1) is 0 Å². The maximum Gasteiger partial charge on any atom is 0.416 e. The zero-order valence-corrected chi connectivity index (χ0v) is 17.6. The number of nitrogens with zero attached hydrogens (tertiary/aromatic N) is 2. The van der Waals surface area contributed by atoms with Crippen LogP contribution in [0.25, 0.3) is 0 Å². The zero-order valence-electron chi connectivity index (χ0n) is 17.6. The van der Waals surface area contributed by atoms with Crippen molar-refractivity contribution in [3.05, 3.63) is 76.9 Å². The normalized spacial score (nSPS) is 18.1. The highest BCUT2D eigenvalue weighted by Gasteiger charge is 2.37. The van der Waals surface area contributed by atoms with Crippen LogP contribution in [0, 0.1) is 5.82 Å². The summed E-state index contributed by atoms with van der Waals surface area (Å²) in [6, 6.07) is 8.11. The van der Waals surface area contributed by atoms with Gasteiger partial charge < -0.3 is 10.1 Å². The van der Waals surface area contributed by atoms with Crippen molar-refractivity contribution in [1.82, 2.24) is 9.78 Å². The van der Waals surface area contributed by atoms with Crippen LogP contribution in [-0.4, -0.2) is 28.6 Å². The van der Waals surface area contributed by atoms with Gasteiger partial charge in [0, 0.05) is 0 Å². The van der Waals surface area contributed by atoms with E-state index in [-0.39, 0.29) is 28.7 Å². The molecular weight excluding hydrogens is 442 g/mol. The second kappa shape index (κ2) is 8.34. The third-order valence-corrected chi connectivity index (χ3v) is 5.65. The first-order valence-corrected chi connectivity index (χ1v) is 10.0. The quantitative estimate of drug-likeness (QED) is 0.540. The fraction of sp³-hybridized carbons (Fsp3) is 0.261. The number of ketones is 1. The molecule has 1 aromatic heterocycles. The number of ether oxygens (including phenoxy) is 1. The summed E-state index contributed by atoms with van der Waals surface area (Å²) in [5.74, 6) is -2.71. The summed E-state index contributed by atoms with van der Waals surface area (Å²) >= 11 is 0. The highest BCUT2D eigenvalue weighted by molar-refractivity contribution is 6.11. The number of hydrogen-bond donors (Lipinski definition) is 1. The number of alkyl halides is 3. The fourth-order valence-corrected chi connectivity index (χ4v) is 4.02. The Hall–Kier alpha value is -3.69. The van der Waals surface area contributed by atoms with Crippen molar-refractivity contribution in [1.29, 1.82) is 0 Å². The molecule has 1 unspecified atom stereocenters. The topological polar surface area (TPSA) is 73.2 Å². The standard InChI is InChI=1S/C23H19F4N3O3/c1-12-10-15(13-6-8-14(9-7-13)23(25,26)27)21(31)20-17(11-28-30(12)20)29-22(32)19-16(24)4-3-5-18(19)33-2/h3-9,11-12,15H,10H2,1-2H3,(H,29,32)/t12-,15?/m0/s1. The number of carbonyl (C=O) groups is 2. The lowest BCUT2D eigenvalue weighted by molar-refractivity contribution is -0.137. The van der Waals surface area contributed by atoms with Crippen molar-refractivity contribution >= 4 is 17.4 Å². The molecule has 2 heterocycles. The van der Waals surface area contributed by atoms with Crippen LogP contribution in [0.5, 0.6) is 5.75 Å². The summed E-state index contributed by atoms with van der Waals surface area (Å²) in [6.45, 7) is 1.81. The Kier molecular flexibility index (Phi) is 5.69. The van der Waals surface area contributed by atoms with E-state index in [4.69, 9.17) is 4.74 Å². The Morgan fingerprint density at radius 3 is 2.52 bits per heavy atom. The molecule has 0 aliphatic carbocycles. The van der Waals surface area contributed by atoms with Gasteiger partial charge in [0.1, 0.15) is 22.8 Å². The number of halogens is 4. The monoisotopic (exact) mass is 461 g/mol. The van der Waals surface area contributed by atoms with Crippen molar-refractivity contribution in [2.45, 2.75) is 31.5 Å². The smallest absolute Gasteiger partial charge is 0.416 e. The van der Waals surface area contributed by atoms with Crippen LogP contribution in [0.15, 0.2) is 48.7 Å². The third kappa shape index (κ3) is 4.08. The number of anilines is 1. The molecule has 0 fully saturated rings. The van der Waals surface area contributed by atoms with Crippen LogP contribution in [0.4, 0.5) is 23.2 Å². The van der Waals surface area contributed by atoms with Gasteiger partial charge in [0.15, 0.2) is 5.78 Å². The van der Waals surface area contributed by atoms with Gasteiger partial charge in [-0.3, -0.25) is 14.3 Å². The molecule has 0 spiro atoms. The lowest BCUT2D eigenvalue weighted by Crippen LogP contribution is -2.29. The fourth-order valence-electron chi connectivity index (χ4n) is 4.02. The average molecular weight is 461 g/mol. The van der Waals surface area contributed by atoms with E-state index in [1.54, 1.807) is 0 Å². The van der Waals surface area contributed by atoms with E-state index < -0.39 is 35.2 Å². The number of rotatable bonds is 4. The summed E-state index contributed by atoms with van der Waals surface area (Å²) < 4.78 is 59.5. The number of carbonyl (C=O) groups excluding carboxylic acids is 2. The predicted molar refractivity (Wildman–Crippen MR) is 111 cm³/mol. The van der Waals surface area contributed by atoms with Crippen LogP contribution in [0.1, 0.15) is 57.3 Å². The maximum absolute atomic E-state index is 14.3. The Bertz CT molecular complexity index is 1220. The molecule has 0 saturated carbocycles. The molecule has 0 radical (unpaired) electrons. The first-order valence-electron chi connectivity index (χ1n) is 10.0. The number of methoxy groups -OCH3 is 1. The van der Waals surface area contributed by atoms with E-state index in [2.05, 4.69) is 10.4 Å². The number of aromatic nitrogens is 2. The molecule has 0 saturated heterocycles. The lowest BCUT2D eigenvalue weighted by atomic mass is 9.84. The molecule has 1 aliphatic heterocycles. The van der Waals surface area contributed by atoms with Crippen LogP contribution in [0.3, 0.4) is 0 Å². The second-order valence-electron chi connectivity index (χ2n) is 7.74. The molecule has 6 nitrogen and oxygen atoms in total. The van der Waals surface area contributed by atoms with Crippen LogP contribution >= 0.6 is 0 Å². The van der Waals surface area contributed by atoms with Crippen molar-refractivity contribution in [3.63, 3.8) is 0 Å². The van der Waals surface area contributed by atoms with Gasteiger partial charge in [0.25, 0.3) is 5.91 Å².